The molecule has 2 rings (SSSR count). The second-order valence-corrected chi connectivity index (χ2v) is 6.92. The summed E-state index contributed by atoms with van der Waals surface area (Å²) >= 11 is 0. The number of nitrogens with one attached hydrogen (secondary N) is 1. The summed E-state index contributed by atoms with van der Waals surface area (Å²) in [7, 11) is -3.75. The SMILES string of the molecule is NS(=O)(=O)C[C@@H](Oc1ccc(C(F)(F)F)cc1)C1CCNC1. The van der Waals surface area contributed by atoms with Crippen LogP contribution in [0.5, 0.6) is 5.75 Å². The number of benzene rings is 1. The van der Waals surface area contributed by atoms with Crippen molar-refractivity contribution in [2.45, 2.75) is 18.7 Å². The number of primary sulfonamides is 1. The number of alkyl halides is 3. The molecule has 1 saturated heterocycles. The highest BCUT2D eigenvalue weighted by atomic mass is 32.2. The minimum Gasteiger partial charge on any atom is -0.489 e. The van der Waals surface area contributed by atoms with Crippen LogP contribution in [-0.2, 0) is 16.2 Å². The van der Waals surface area contributed by atoms with E-state index < -0.39 is 27.9 Å². The predicted octanol–water partition coefficient (Wildman–Crippen LogP) is 1.35. The van der Waals surface area contributed by atoms with Crippen molar-refractivity contribution < 1.29 is 26.3 Å². The molecule has 1 fully saturated rings. The van der Waals surface area contributed by atoms with Crippen LogP contribution in [0.25, 0.3) is 0 Å². The molecule has 0 saturated carbocycles. The Morgan fingerprint density at radius 2 is 1.95 bits per heavy atom. The number of nitrogens with two attached hydrogens (primary N) is 1. The highest BCUT2D eigenvalue weighted by Crippen LogP contribution is 2.31. The van der Waals surface area contributed by atoms with E-state index in [9.17, 15) is 21.6 Å². The molecule has 1 aromatic rings. The average molecular weight is 338 g/mol. The third-order valence-electron chi connectivity index (χ3n) is 3.49. The van der Waals surface area contributed by atoms with Crippen LogP contribution in [0.1, 0.15) is 12.0 Å². The van der Waals surface area contributed by atoms with Gasteiger partial charge in [0.1, 0.15) is 17.6 Å². The molecule has 1 aliphatic rings. The normalized spacial score (nSPS) is 20.8. The number of hydrogen-bond acceptors (Lipinski definition) is 4. The highest BCUT2D eigenvalue weighted by Gasteiger charge is 2.32. The number of rotatable bonds is 5. The molecule has 0 radical (unpaired) electrons. The maximum Gasteiger partial charge on any atom is 0.416 e. The molecule has 0 aromatic heterocycles. The van der Waals surface area contributed by atoms with Crippen molar-refractivity contribution in [2.75, 3.05) is 18.8 Å². The smallest absolute Gasteiger partial charge is 0.416 e. The molecular weight excluding hydrogens is 321 g/mol. The number of ether oxygens (including phenoxy) is 1. The van der Waals surface area contributed by atoms with Crippen molar-refractivity contribution in [3.05, 3.63) is 29.8 Å². The lowest BCUT2D eigenvalue weighted by Crippen LogP contribution is -2.37. The second kappa shape index (κ2) is 6.43. The Bertz CT molecular complexity index is 596. The Labute approximate surface area is 126 Å². The van der Waals surface area contributed by atoms with E-state index >= 15 is 0 Å². The molecule has 22 heavy (non-hydrogen) atoms. The van der Waals surface area contributed by atoms with E-state index in [1.54, 1.807) is 0 Å². The Balaban J connectivity index is 2.12. The maximum absolute atomic E-state index is 12.5. The molecule has 1 heterocycles. The first-order valence-electron chi connectivity index (χ1n) is 6.70. The van der Waals surface area contributed by atoms with Crippen molar-refractivity contribution in [1.82, 2.24) is 5.32 Å². The van der Waals surface area contributed by atoms with Crippen LogP contribution in [0.2, 0.25) is 0 Å². The van der Waals surface area contributed by atoms with Crippen LogP contribution >= 0.6 is 0 Å². The van der Waals surface area contributed by atoms with Gasteiger partial charge in [-0.2, -0.15) is 13.2 Å². The van der Waals surface area contributed by atoms with E-state index in [1.807, 2.05) is 0 Å². The van der Waals surface area contributed by atoms with Crippen LogP contribution in [0.15, 0.2) is 24.3 Å². The summed E-state index contributed by atoms with van der Waals surface area (Å²) in [6.07, 6.45) is -4.39. The lowest BCUT2D eigenvalue weighted by atomic mass is 10.0. The van der Waals surface area contributed by atoms with Gasteiger partial charge >= 0.3 is 6.18 Å². The first kappa shape index (κ1) is 17.0. The Morgan fingerprint density at radius 1 is 1.32 bits per heavy atom. The van der Waals surface area contributed by atoms with Crippen molar-refractivity contribution in [2.24, 2.45) is 11.1 Å². The number of halogens is 3. The topological polar surface area (TPSA) is 81.4 Å². The maximum atomic E-state index is 12.5. The zero-order chi connectivity index (χ0) is 16.4. The average Bonchev–Trinajstić information content (AvgIpc) is 2.89. The van der Waals surface area contributed by atoms with Gasteiger partial charge in [0, 0.05) is 12.5 Å². The van der Waals surface area contributed by atoms with Crippen LogP contribution in [-0.4, -0.2) is 33.4 Å². The van der Waals surface area contributed by atoms with E-state index in [0.29, 0.717) is 6.54 Å². The van der Waals surface area contributed by atoms with E-state index in [1.165, 1.54) is 12.1 Å². The van der Waals surface area contributed by atoms with Crippen molar-refractivity contribution >= 4 is 10.0 Å². The molecule has 3 N–H and O–H groups in total. The van der Waals surface area contributed by atoms with Crippen LogP contribution in [0, 0.1) is 5.92 Å². The summed E-state index contributed by atoms with van der Waals surface area (Å²) in [6, 6.07) is 4.16. The van der Waals surface area contributed by atoms with E-state index in [0.717, 1.165) is 25.1 Å². The second-order valence-electron chi connectivity index (χ2n) is 5.26. The van der Waals surface area contributed by atoms with Gasteiger partial charge in [-0.3, -0.25) is 0 Å². The van der Waals surface area contributed by atoms with Gasteiger partial charge in [0.25, 0.3) is 0 Å². The predicted molar refractivity (Wildman–Crippen MR) is 74.8 cm³/mol. The summed E-state index contributed by atoms with van der Waals surface area (Å²) in [5, 5.41) is 8.15. The molecule has 0 spiro atoms. The van der Waals surface area contributed by atoms with Gasteiger partial charge in [-0.25, -0.2) is 13.6 Å². The summed E-state index contributed by atoms with van der Waals surface area (Å²) in [4.78, 5) is 0. The summed E-state index contributed by atoms with van der Waals surface area (Å²) in [5.74, 6) is -0.241. The lowest BCUT2D eigenvalue weighted by molar-refractivity contribution is -0.137. The highest BCUT2D eigenvalue weighted by molar-refractivity contribution is 7.89. The van der Waals surface area contributed by atoms with E-state index in [-0.39, 0.29) is 17.4 Å². The third-order valence-corrected chi connectivity index (χ3v) is 4.28. The van der Waals surface area contributed by atoms with Crippen LogP contribution in [0.4, 0.5) is 13.2 Å². The summed E-state index contributed by atoms with van der Waals surface area (Å²) in [5.41, 5.74) is -0.787. The third kappa shape index (κ3) is 4.85. The van der Waals surface area contributed by atoms with Crippen LogP contribution < -0.4 is 15.2 Å². The zero-order valence-electron chi connectivity index (χ0n) is 11.6. The van der Waals surface area contributed by atoms with Gasteiger partial charge in [-0.05, 0) is 37.2 Å². The standard InChI is InChI=1S/C13H17F3N2O3S/c14-13(15,16)10-1-3-11(4-2-10)21-12(8-22(17,19)20)9-5-6-18-7-9/h1-4,9,12,18H,5-8H2,(H2,17,19,20)/t9?,12-/m1/s1. The molecule has 1 aromatic carbocycles. The largest absolute Gasteiger partial charge is 0.489 e. The Morgan fingerprint density at radius 3 is 2.41 bits per heavy atom. The lowest BCUT2D eigenvalue weighted by Gasteiger charge is -2.23. The molecule has 1 unspecified atom stereocenters. The molecule has 1 aliphatic heterocycles. The van der Waals surface area contributed by atoms with Crippen molar-refractivity contribution in [1.29, 1.82) is 0 Å². The fourth-order valence-electron chi connectivity index (χ4n) is 2.39. The minimum atomic E-state index is -4.42. The molecular formula is C13H17F3N2O3S. The van der Waals surface area contributed by atoms with Crippen molar-refractivity contribution in [3.8, 4) is 5.75 Å². The summed E-state index contributed by atoms with van der Waals surface area (Å²) in [6.45, 7) is 1.32. The van der Waals surface area contributed by atoms with E-state index in [4.69, 9.17) is 9.88 Å². The first-order valence-corrected chi connectivity index (χ1v) is 8.42. The molecule has 0 amide bonds. The first-order chi connectivity index (χ1) is 10.1. The quantitative estimate of drug-likeness (QED) is 0.849. The fourth-order valence-corrected chi connectivity index (χ4v) is 3.19. The van der Waals surface area contributed by atoms with Gasteiger partial charge < -0.3 is 10.1 Å². The number of hydrogen-bond donors (Lipinski definition) is 2. The van der Waals surface area contributed by atoms with Crippen LogP contribution in [0.3, 0.4) is 0 Å². The van der Waals surface area contributed by atoms with Gasteiger partial charge in [0.05, 0.1) is 5.56 Å². The molecule has 124 valence electrons. The van der Waals surface area contributed by atoms with Crippen molar-refractivity contribution in [3.63, 3.8) is 0 Å². The Kier molecular flexibility index (Phi) is 4.98. The van der Waals surface area contributed by atoms with Gasteiger partial charge in [0.15, 0.2) is 0 Å². The van der Waals surface area contributed by atoms with Gasteiger partial charge in [-0.1, -0.05) is 0 Å². The Hall–Kier alpha value is -1.32. The van der Waals surface area contributed by atoms with Gasteiger partial charge in [0.2, 0.25) is 10.0 Å². The van der Waals surface area contributed by atoms with E-state index in [2.05, 4.69) is 5.32 Å². The fraction of sp³-hybridized carbons (Fsp3) is 0.538. The summed E-state index contributed by atoms with van der Waals surface area (Å²) < 4.78 is 65.7. The van der Waals surface area contributed by atoms with Gasteiger partial charge in [-0.15, -0.1) is 0 Å². The zero-order valence-corrected chi connectivity index (χ0v) is 12.5. The molecule has 5 nitrogen and oxygen atoms in total. The molecule has 0 bridgehead atoms. The monoisotopic (exact) mass is 338 g/mol. The molecule has 0 aliphatic carbocycles. The minimum absolute atomic E-state index is 0.0550. The molecule has 9 heteroatoms. The molecule has 2 atom stereocenters. The number of sulfonamides is 1.